The number of carbonyl (C=O) groups is 2. The van der Waals surface area contributed by atoms with Gasteiger partial charge in [0.15, 0.2) is 5.54 Å². The summed E-state index contributed by atoms with van der Waals surface area (Å²) in [6, 6.07) is 6.49. The van der Waals surface area contributed by atoms with E-state index in [1.54, 1.807) is 31.2 Å². The van der Waals surface area contributed by atoms with Gasteiger partial charge in [0.2, 0.25) is 5.91 Å². The van der Waals surface area contributed by atoms with E-state index in [4.69, 9.17) is 11.6 Å². The Kier molecular flexibility index (Phi) is 4.35. The molecule has 4 nitrogen and oxygen atoms in total. The van der Waals surface area contributed by atoms with Crippen molar-refractivity contribution in [3.05, 3.63) is 34.9 Å². The molecular formula is C13H16ClNO3. The lowest BCUT2D eigenvalue weighted by atomic mass is 9.90. The molecule has 0 aliphatic rings. The number of halogens is 1. The summed E-state index contributed by atoms with van der Waals surface area (Å²) in [7, 11) is 0. The van der Waals surface area contributed by atoms with E-state index in [0.717, 1.165) is 0 Å². The smallest absolute Gasteiger partial charge is 0.334 e. The van der Waals surface area contributed by atoms with Gasteiger partial charge in [-0.15, -0.1) is 0 Å². The molecule has 1 aromatic rings. The van der Waals surface area contributed by atoms with Gasteiger partial charge in [0.25, 0.3) is 0 Å². The molecule has 18 heavy (non-hydrogen) atoms. The van der Waals surface area contributed by atoms with Crippen molar-refractivity contribution in [2.75, 3.05) is 6.54 Å². The van der Waals surface area contributed by atoms with Crippen LogP contribution in [0.3, 0.4) is 0 Å². The van der Waals surface area contributed by atoms with E-state index in [0.29, 0.717) is 17.1 Å². The number of carbonyl (C=O) groups excluding carboxylic acids is 1. The number of rotatable bonds is 4. The molecule has 1 N–H and O–H groups in total. The second kappa shape index (κ2) is 5.40. The summed E-state index contributed by atoms with van der Waals surface area (Å²) in [6.07, 6.45) is 0. The van der Waals surface area contributed by atoms with Crippen molar-refractivity contribution in [1.82, 2.24) is 4.90 Å². The van der Waals surface area contributed by atoms with E-state index in [-0.39, 0.29) is 5.91 Å². The Morgan fingerprint density at radius 1 is 1.33 bits per heavy atom. The molecule has 0 bridgehead atoms. The van der Waals surface area contributed by atoms with Gasteiger partial charge in [0.1, 0.15) is 0 Å². The van der Waals surface area contributed by atoms with Gasteiger partial charge in [-0.3, -0.25) is 4.79 Å². The van der Waals surface area contributed by atoms with Gasteiger partial charge in [0.05, 0.1) is 0 Å². The average Bonchev–Trinajstić information content (AvgIpc) is 2.29. The minimum Gasteiger partial charge on any atom is -0.479 e. The monoisotopic (exact) mass is 269 g/mol. The van der Waals surface area contributed by atoms with Crippen LogP contribution >= 0.6 is 11.6 Å². The van der Waals surface area contributed by atoms with E-state index < -0.39 is 11.5 Å². The van der Waals surface area contributed by atoms with Crippen LogP contribution in [0.2, 0.25) is 5.02 Å². The molecule has 1 atom stereocenters. The van der Waals surface area contributed by atoms with Crippen molar-refractivity contribution in [3.63, 3.8) is 0 Å². The number of hydrogen-bond acceptors (Lipinski definition) is 2. The van der Waals surface area contributed by atoms with Gasteiger partial charge in [-0.05, 0) is 31.5 Å². The summed E-state index contributed by atoms with van der Waals surface area (Å²) < 4.78 is 0. The summed E-state index contributed by atoms with van der Waals surface area (Å²) in [5.74, 6) is -1.35. The van der Waals surface area contributed by atoms with Crippen LogP contribution in [0.1, 0.15) is 26.3 Å². The minimum atomic E-state index is -1.38. The molecule has 0 aromatic heterocycles. The largest absolute Gasteiger partial charge is 0.479 e. The molecule has 0 saturated heterocycles. The summed E-state index contributed by atoms with van der Waals surface area (Å²) in [5, 5.41) is 10.0. The van der Waals surface area contributed by atoms with Crippen LogP contribution < -0.4 is 0 Å². The maximum absolute atomic E-state index is 11.6. The van der Waals surface area contributed by atoms with Crippen LogP contribution in [0.4, 0.5) is 0 Å². The van der Waals surface area contributed by atoms with Crippen LogP contribution in [0.25, 0.3) is 0 Å². The van der Waals surface area contributed by atoms with E-state index in [2.05, 4.69) is 0 Å². The van der Waals surface area contributed by atoms with Gasteiger partial charge in [-0.25, -0.2) is 4.79 Å². The van der Waals surface area contributed by atoms with Crippen molar-refractivity contribution < 1.29 is 14.7 Å². The van der Waals surface area contributed by atoms with Crippen molar-refractivity contribution in [2.45, 2.75) is 26.3 Å². The first-order chi connectivity index (χ1) is 8.33. The maximum Gasteiger partial charge on any atom is 0.334 e. The van der Waals surface area contributed by atoms with Crippen molar-refractivity contribution >= 4 is 23.5 Å². The molecule has 98 valence electrons. The van der Waals surface area contributed by atoms with E-state index in [1.807, 2.05) is 0 Å². The van der Waals surface area contributed by atoms with E-state index >= 15 is 0 Å². The molecule has 0 spiro atoms. The fourth-order valence-electron chi connectivity index (χ4n) is 2.02. The first-order valence-electron chi connectivity index (χ1n) is 5.61. The molecule has 0 heterocycles. The third kappa shape index (κ3) is 2.48. The van der Waals surface area contributed by atoms with E-state index in [1.165, 1.54) is 18.7 Å². The highest BCUT2D eigenvalue weighted by Gasteiger charge is 2.42. The quantitative estimate of drug-likeness (QED) is 0.914. The first-order valence-corrected chi connectivity index (χ1v) is 5.99. The molecular weight excluding hydrogens is 254 g/mol. The lowest BCUT2D eigenvalue weighted by Gasteiger charge is -2.37. The standard InChI is InChI=1S/C13H16ClNO3/c1-4-15(9(2)16)13(3,12(17)18)10-5-7-11(14)8-6-10/h5-8H,4H2,1-3H3,(H,17,18). The molecule has 5 heteroatoms. The number of amides is 1. The Labute approximate surface area is 111 Å². The Hall–Kier alpha value is -1.55. The summed E-state index contributed by atoms with van der Waals surface area (Å²) in [4.78, 5) is 24.5. The molecule has 0 fully saturated rings. The molecule has 1 unspecified atom stereocenters. The number of likely N-dealkylation sites (N-methyl/N-ethyl adjacent to an activating group) is 1. The SMILES string of the molecule is CCN(C(C)=O)C(C)(C(=O)O)c1ccc(Cl)cc1. The predicted octanol–water partition coefficient (Wildman–Crippen LogP) is 2.51. The zero-order valence-electron chi connectivity index (χ0n) is 10.6. The van der Waals surface area contributed by atoms with Crippen LogP contribution in [-0.4, -0.2) is 28.4 Å². The Balaban J connectivity index is 3.35. The third-order valence-electron chi connectivity index (χ3n) is 3.06. The van der Waals surface area contributed by atoms with Crippen molar-refractivity contribution in [3.8, 4) is 0 Å². The number of carboxylic acid groups (broad SMARTS) is 1. The number of nitrogens with zero attached hydrogens (tertiary/aromatic N) is 1. The molecule has 0 radical (unpaired) electrons. The number of benzene rings is 1. The zero-order valence-corrected chi connectivity index (χ0v) is 11.4. The highest BCUT2D eigenvalue weighted by molar-refractivity contribution is 6.30. The van der Waals surface area contributed by atoms with Crippen molar-refractivity contribution in [1.29, 1.82) is 0 Å². The zero-order chi connectivity index (χ0) is 13.9. The molecule has 0 saturated carbocycles. The maximum atomic E-state index is 11.6. The van der Waals surface area contributed by atoms with Gasteiger partial charge in [0, 0.05) is 18.5 Å². The van der Waals surface area contributed by atoms with Crippen LogP contribution in [0.15, 0.2) is 24.3 Å². The topological polar surface area (TPSA) is 57.6 Å². The lowest BCUT2D eigenvalue weighted by Crippen LogP contribution is -2.51. The van der Waals surface area contributed by atoms with Crippen LogP contribution in [0, 0.1) is 0 Å². The van der Waals surface area contributed by atoms with Gasteiger partial charge < -0.3 is 10.0 Å². The normalized spacial score (nSPS) is 13.8. The molecule has 1 amide bonds. The Morgan fingerprint density at radius 2 is 1.83 bits per heavy atom. The average molecular weight is 270 g/mol. The first kappa shape index (κ1) is 14.5. The predicted molar refractivity (Wildman–Crippen MR) is 69.5 cm³/mol. The number of hydrogen-bond donors (Lipinski definition) is 1. The van der Waals surface area contributed by atoms with E-state index in [9.17, 15) is 14.7 Å². The molecule has 0 aliphatic heterocycles. The van der Waals surface area contributed by atoms with Crippen LogP contribution in [-0.2, 0) is 15.1 Å². The van der Waals surface area contributed by atoms with Crippen molar-refractivity contribution in [2.24, 2.45) is 0 Å². The fraction of sp³-hybridized carbons (Fsp3) is 0.385. The highest BCUT2D eigenvalue weighted by Crippen LogP contribution is 2.29. The molecule has 1 rings (SSSR count). The van der Waals surface area contributed by atoms with Crippen LogP contribution in [0.5, 0.6) is 0 Å². The Bertz CT molecular complexity index is 458. The summed E-state index contributed by atoms with van der Waals surface area (Å²) in [6.45, 7) is 4.95. The summed E-state index contributed by atoms with van der Waals surface area (Å²) in [5.41, 5.74) is -0.859. The lowest BCUT2D eigenvalue weighted by molar-refractivity contribution is -0.158. The minimum absolute atomic E-state index is 0.280. The number of aliphatic carboxylic acids is 1. The van der Waals surface area contributed by atoms with Gasteiger partial charge in [-0.1, -0.05) is 23.7 Å². The number of carboxylic acids is 1. The third-order valence-corrected chi connectivity index (χ3v) is 3.31. The Morgan fingerprint density at radius 3 is 2.17 bits per heavy atom. The second-order valence-electron chi connectivity index (χ2n) is 4.15. The molecule has 0 aliphatic carbocycles. The molecule has 1 aromatic carbocycles. The van der Waals surface area contributed by atoms with Gasteiger partial charge in [-0.2, -0.15) is 0 Å². The highest BCUT2D eigenvalue weighted by atomic mass is 35.5. The fourth-order valence-corrected chi connectivity index (χ4v) is 2.15. The van der Waals surface area contributed by atoms with Gasteiger partial charge >= 0.3 is 5.97 Å². The summed E-state index contributed by atoms with van der Waals surface area (Å²) >= 11 is 5.79. The second-order valence-corrected chi connectivity index (χ2v) is 4.58.